The second kappa shape index (κ2) is 5.55. The Morgan fingerprint density at radius 2 is 1.80 bits per heavy atom. The number of nitrogens with zero attached hydrogens (tertiary/aromatic N) is 1. The maximum atomic E-state index is 11.8. The Hall–Kier alpha value is -2.00. The highest BCUT2D eigenvalue weighted by molar-refractivity contribution is 8.03. The minimum atomic E-state index is 0.154. The lowest BCUT2D eigenvalue weighted by Crippen LogP contribution is -2.11. The standard InChI is InChI=1S/C17H15NOS/c1-2-14(19)12-17-18(13-8-4-3-5-9-13)15-10-6-7-11-16(15)20-17/h3-12H,2H2,1H3. The van der Waals surface area contributed by atoms with Crippen LogP contribution in [0.25, 0.3) is 0 Å². The summed E-state index contributed by atoms with van der Waals surface area (Å²) >= 11 is 1.65. The first-order valence-electron chi connectivity index (χ1n) is 6.66. The van der Waals surface area contributed by atoms with Crippen LogP contribution in [0, 0.1) is 0 Å². The maximum Gasteiger partial charge on any atom is 0.158 e. The number of allylic oxidation sites excluding steroid dienone is 1. The Labute approximate surface area is 123 Å². The predicted molar refractivity (Wildman–Crippen MR) is 84.3 cm³/mol. The van der Waals surface area contributed by atoms with Gasteiger partial charge in [0.2, 0.25) is 0 Å². The van der Waals surface area contributed by atoms with E-state index in [1.54, 1.807) is 17.8 Å². The summed E-state index contributed by atoms with van der Waals surface area (Å²) in [4.78, 5) is 15.1. The van der Waals surface area contributed by atoms with Gasteiger partial charge < -0.3 is 4.90 Å². The summed E-state index contributed by atoms with van der Waals surface area (Å²) in [5.74, 6) is 0.154. The highest BCUT2D eigenvalue weighted by atomic mass is 32.2. The Morgan fingerprint density at radius 3 is 2.55 bits per heavy atom. The third kappa shape index (κ3) is 2.37. The summed E-state index contributed by atoms with van der Waals surface area (Å²) in [5, 5.41) is 0.976. The van der Waals surface area contributed by atoms with Crippen LogP contribution in [0.3, 0.4) is 0 Å². The maximum absolute atomic E-state index is 11.8. The van der Waals surface area contributed by atoms with Crippen LogP contribution in [0.15, 0.2) is 70.6 Å². The number of anilines is 2. The molecule has 1 aliphatic heterocycles. The van der Waals surface area contributed by atoms with Gasteiger partial charge in [0.25, 0.3) is 0 Å². The summed E-state index contributed by atoms with van der Waals surface area (Å²) in [6.07, 6.45) is 2.28. The molecule has 2 aromatic carbocycles. The average Bonchev–Trinajstić information content (AvgIpc) is 2.85. The molecule has 2 aromatic rings. The van der Waals surface area contributed by atoms with E-state index in [4.69, 9.17) is 0 Å². The van der Waals surface area contributed by atoms with Crippen LogP contribution in [-0.4, -0.2) is 5.78 Å². The third-order valence-corrected chi connectivity index (χ3v) is 4.26. The van der Waals surface area contributed by atoms with Crippen molar-refractivity contribution in [1.82, 2.24) is 0 Å². The lowest BCUT2D eigenvalue weighted by Gasteiger charge is -2.20. The van der Waals surface area contributed by atoms with Gasteiger partial charge in [-0.1, -0.05) is 49.0 Å². The lowest BCUT2D eigenvalue weighted by atomic mass is 10.2. The minimum Gasteiger partial charge on any atom is -0.303 e. The second-order valence-corrected chi connectivity index (χ2v) is 5.61. The fourth-order valence-corrected chi connectivity index (χ4v) is 3.30. The summed E-state index contributed by atoms with van der Waals surface area (Å²) in [5.41, 5.74) is 2.22. The molecule has 100 valence electrons. The molecule has 3 rings (SSSR count). The smallest absolute Gasteiger partial charge is 0.158 e. The van der Waals surface area contributed by atoms with Crippen LogP contribution in [0.2, 0.25) is 0 Å². The van der Waals surface area contributed by atoms with Crippen LogP contribution in [-0.2, 0) is 4.79 Å². The molecule has 2 nitrogen and oxygen atoms in total. The van der Waals surface area contributed by atoms with E-state index in [9.17, 15) is 4.79 Å². The largest absolute Gasteiger partial charge is 0.303 e. The van der Waals surface area contributed by atoms with Crippen molar-refractivity contribution in [2.45, 2.75) is 18.2 Å². The Bertz CT molecular complexity index is 664. The first kappa shape index (κ1) is 13.0. The molecule has 0 atom stereocenters. The van der Waals surface area contributed by atoms with Gasteiger partial charge in [-0.3, -0.25) is 4.79 Å². The molecular weight excluding hydrogens is 266 g/mol. The number of carbonyl (C=O) groups excluding carboxylic acids is 1. The Morgan fingerprint density at radius 1 is 1.10 bits per heavy atom. The first-order chi connectivity index (χ1) is 9.79. The molecule has 0 radical (unpaired) electrons. The molecule has 0 amide bonds. The van der Waals surface area contributed by atoms with Gasteiger partial charge in [-0.25, -0.2) is 0 Å². The molecule has 0 fully saturated rings. The average molecular weight is 281 g/mol. The topological polar surface area (TPSA) is 20.3 Å². The molecule has 0 unspecified atom stereocenters. The third-order valence-electron chi connectivity index (χ3n) is 3.19. The van der Waals surface area contributed by atoms with E-state index in [-0.39, 0.29) is 5.78 Å². The predicted octanol–water partition coefficient (Wildman–Crippen LogP) is 4.75. The van der Waals surface area contributed by atoms with E-state index in [1.807, 2.05) is 37.3 Å². The summed E-state index contributed by atoms with van der Waals surface area (Å²) in [6.45, 7) is 1.89. The number of carbonyl (C=O) groups is 1. The number of hydrogen-bond donors (Lipinski definition) is 0. The van der Waals surface area contributed by atoms with Gasteiger partial charge in [0.05, 0.1) is 10.7 Å². The summed E-state index contributed by atoms with van der Waals surface area (Å²) < 4.78 is 0. The number of benzene rings is 2. The molecule has 3 heteroatoms. The molecule has 0 aliphatic carbocycles. The van der Waals surface area contributed by atoms with Crippen LogP contribution in [0.4, 0.5) is 11.4 Å². The van der Waals surface area contributed by atoms with Crippen molar-refractivity contribution in [2.75, 3.05) is 4.90 Å². The molecule has 20 heavy (non-hydrogen) atoms. The van der Waals surface area contributed by atoms with Crippen molar-refractivity contribution in [3.63, 3.8) is 0 Å². The Kier molecular flexibility index (Phi) is 3.61. The van der Waals surface area contributed by atoms with E-state index in [0.717, 1.165) is 16.4 Å². The molecule has 1 aliphatic rings. The highest BCUT2D eigenvalue weighted by Gasteiger charge is 2.26. The van der Waals surface area contributed by atoms with E-state index in [2.05, 4.69) is 29.2 Å². The number of thioether (sulfide) groups is 1. The number of ketones is 1. The summed E-state index contributed by atoms with van der Waals surface area (Å²) in [6, 6.07) is 18.4. The molecule has 0 aromatic heterocycles. The molecule has 0 saturated carbocycles. The normalized spacial score (nSPS) is 15.4. The molecular formula is C17H15NOS. The quantitative estimate of drug-likeness (QED) is 0.757. The van der Waals surface area contributed by atoms with Gasteiger partial charge in [-0.2, -0.15) is 0 Å². The van der Waals surface area contributed by atoms with Crippen molar-refractivity contribution in [3.8, 4) is 0 Å². The summed E-state index contributed by atoms with van der Waals surface area (Å²) in [7, 11) is 0. The molecule has 0 bridgehead atoms. The number of hydrogen-bond acceptors (Lipinski definition) is 3. The van der Waals surface area contributed by atoms with Gasteiger partial charge in [0.15, 0.2) is 5.78 Å². The van der Waals surface area contributed by atoms with Crippen molar-refractivity contribution in [2.24, 2.45) is 0 Å². The van der Waals surface area contributed by atoms with Crippen LogP contribution in [0.1, 0.15) is 13.3 Å². The second-order valence-electron chi connectivity index (χ2n) is 4.54. The van der Waals surface area contributed by atoms with Gasteiger partial charge in [0, 0.05) is 23.1 Å². The van der Waals surface area contributed by atoms with Gasteiger partial charge in [-0.05, 0) is 24.3 Å². The molecule has 0 saturated heterocycles. The van der Waals surface area contributed by atoms with Gasteiger partial charge in [0.1, 0.15) is 0 Å². The van der Waals surface area contributed by atoms with Gasteiger partial charge in [-0.15, -0.1) is 0 Å². The molecule has 1 heterocycles. The van der Waals surface area contributed by atoms with Crippen molar-refractivity contribution >= 4 is 28.9 Å². The zero-order valence-electron chi connectivity index (χ0n) is 11.2. The van der Waals surface area contributed by atoms with Crippen molar-refractivity contribution in [3.05, 3.63) is 65.7 Å². The van der Waals surface area contributed by atoms with Crippen LogP contribution >= 0.6 is 11.8 Å². The van der Waals surface area contributed by atoms with E-state index >= 15 is 0 Å². The monoisotopic (exact) mass is 281 g/mol. The Balaban J connectivity index is 2.10. The first-order valence-corrected chi connectivity index (χ1v) is 7.48. The van der Waals surface area contributed by atoms with E-state index < -0.39 is 0 Å². The fourth-order valence-electron chi connectivity index (χ4n) is 2.18. The lowest BCUT2D eigenvalue weighted by molar-refractivity contribution is -0.114. The van der Waals surface area contributed by atoms with Crippen LogP contribution in [0.5, 0.6) is 0 Å². The fraction of sp³-hybridized carbons (Fsp3) is 0.118. The molecule has 0 spiro atoms. The number of para-hydroxylation sites is 2. The van der Waals surface area contributed by atoms with Crippen molar-refractivity contribution in [1.29, 1.82) is 0 Å². The minimum absolute atomic E-state index is 0.154. The van der Waals surface area contributed by atoms with Crippen LogP contribution < -0.4 is 4.90 Å². The molecule has 0 N–H and O–H groups in total. The zero-order valence-corrected chi connectivity index (χ0v) is 12.1. The SMILES string of the molecule is CCC(=O)C=C1Sc2ccccc2N1c1ccccc1. The number of fused-ring (bicyclic) bond motifs is 1. The van der Waals surface area contributed by atoms with E-state index in [1.165, 1.54) is 4.90 Å². The van der Waals surface area contributed by atoms with Gasteiger partial charge >= 0.3 is 0 Å². The van der Waals surface area contributed by atoms with E-state index in [0.29, 0.717) is 6.42 Å². The zero-order chi connectivity index (χ0) is 13.9. The highest BCUT2D eigenvalue weighted by Crippen LogP contribution is 2.49. The van der Waals surface area contributed by atoms with Crippen molar-refractivity contribution < 1.29 is 4.79 Å². The number of rotatable bonds is 3.